The van der Waals surface area contributed by atoms with E-state index in [4.69, 9.17) is 5.73 Å². The van der Waals surface area contributed by atoms with E-state index in [1.54, 1.807) is 0 Å². The predicted molar refractivity (Wildman–Crippen MR) is 86.0 cm³/mol. The van der Waals surface area contributed by atoms with E-state index in [-0.39, 0.29) is 18.3 Å². The quantitative estimate of drug-likeness (QED) is 0.839. The Morgan fingerprint density at radius 2 is 1.60 bits per heavy atom. The Morgan fingerprint density at radius 3 is 2.25 bits per heavy atom. The SMILES string of the molecule is Cl.NC1CCCC(CNC(=O)C2CCCCCCC2)C1. The molecule has 0 heterocycles. The first kappa shape index (κ1) is 17.8. The lowest BCUT2D eigenvalue weighted by atomic mass is 9.85. The van der Waals surface area contributed by atoms with E-state index in [2.05, 4.69) is 5.32 Å². The van der Waals surface area contributed by atoms with Crippen LogP contribution in [-0.2, 0) is 4.79 Å². The first-order valence-corrected chi connectivity index (χ1v) is 8.29. The maximum absolute atomic E-state index is 12.2. The average Bonchev–Trinajstić information content (AvgIpc) is 2.36. The third-order valence-corrected chi connectivity index (χ3v) is 4.86. The van der Waals surface area contributed by atoms with E-state index in [0.717, 1.165) is 32.2 Å². The van der Waals surface area contributed by atoms with Crippen molar-refractivity contribution < 1.29 is 4.79 Å². The molecule has 0 aromatic heterocycles. The van der Waals surface area contributed by atoms with Crippen LogP contribution in [-0.4, -0.2) is 18.5 Å². The minimum Gasteiger partial charge on any atom is -0.356 e. The Balaban J connectivity index is 0.00000200. The zero-order valence-corrected chi connectivity index (χ0v) is 13.4. The van der Waals surface area contributed by atoms with Crippen LogP contribution in [0.4, 0.5) is 0 Å². The molecule has 2 fully saturated rings. The fourth-order valence-corrected chi connectivity index (χ4v) is 3.63. The Kier molecular flexibility index (Phi) is 8.55. The van der Waals surface area contributed by atoms with Crippen LogP contribution in [0.3, 0.4) is 0 Å². The number of nitrogens with two attached hydrogens (primary N) is 1. The van der Waals surface area contributed by atoms with E-state index in [1.165, 1.54) is 44.9 Å². The van der Waals surface area contributed by atoms with Crippen LogP contribution in [0.1, 0.15) is 70.6 Å². The van der Waals surface area contributed by atoms with Crippen LogP contribution >= 0.6 is 12.4 Å². The fraction of sp³-hybridized carbons (Fsp3) is 0.938. The van der Waals surface area contributed by atoms with Crippen molar-refractivity contribution in [2.75, 3.05) is 6.54 Å². The molecule has 1 amide bonds. The molecule has 0 aromatic carbocycles. The molecule has 0 aliphatic heterocycles. The van der Waals surface area contributed by atoms with Gasteiger partial charge in [-0.15, -0.1) is 12.4 Å². The van der Waals surface area contributed by atoms with Crippen LogP contribution in [0.5, 0.6) is 0 Å². The van der Waals surface area contributed by atoms with Gasteiger partial charge in [-0.3, -0.25) is 4.79 Å². The van der Waals surface area contributed by atoms with Crippen molar-refractivity contribution in [3.05, 3.63) is 0 Å². The maximum atomic E-state index is 12.2. The molecule has 3 nitrogen and oxygen atoms in total. The second kappa shape index (κ2) is 9.62. The lowest BCUT2D eigenvalue weighted by molar-refractivity contribution is -0.125. The molecular formula is C16H31ClN2O. The molecule has 2 saturated carbocycles. The van der Waals surface area contributed by atoms with Gasteiger partial charge in [-0.2, -0.15) is 0 Å². The number of rotatable bonds is 3. The highest BCUT2D eigenvalue weighted by atomic mass is 35.5. The largest absolute Gasteiger partial charge is 0.356 e. The van der Waals surface area contributed by atoms with Crippen LogP contribution in [0.15, 0.2) is 0 Å². The molecule has 2 rings (SSSR count). The fourth-order valence-electron chi connectivity index (χ4n) is 3.63. The van der Waals surface area contributed by atoms with E-state index in [0.29, 0.717) is 17.9 Å². The van der Waals surface area contributed by atoms with Crippen molar-refractivity contribution in [2.24, 2.45) is 17.6 Å². The Morgan fingerprint density at radius 1 is 0.950 bits per heavy atom. The Bertz CT molecular complexity index is 278. The molecule has 3 N–H and O–H groups in total. The van der Waals surface area contributed by atoms with Gasteiger partial charge in [0.2, 0.25) is 5.91 Å². The van der Waals surface area contributed by atoms with Gasteiger partial charge in [0.25, 0.3) is 0 Å². The zero-order valence-electron chi connectivity index (χ0n) is 12.6. The van der Waals surface area contributed by atoms with Crippen molar-refractivity contribution >= 4 is 18.3 Å². The van der Waals surface area contributed by atoms with Gasteiger partial charge in [0.1, 0.15) is 0 Å². The summed E-state index contributed by atoms with van der Waals surface area (Å²) in [5.41, 5.74) is 6.00. The second-order valence-electron chi connectivity index (χ2n) is 6.58. The number of hydrogen-bond acceptors (Lipinski definition) is 2. The Hall–Kier alpha value is -0.280. The topological polar surface area (TPSA) is 55.1 Å². The molecule has 2 atom stereocenters. The van der Waals surface area contributed by atoms with Crippen molar-refractivity contribution in [3.8, 4) is 0 Å². The number of hydrogen-bond donors (Lipinski definition) is 2. The maximum Gasteiger partial charge on any atom is 0.223 e. The van der Waals surface area contributed by atoms with E-state index >= 15 is 0 Å². The monoisotopic (exact) mass is 302 g/mol. The van der Waals surface area contributed by atoms with E-state index in [9.17, 15) is 4.79 Å². The lowest BCUT2D eigenvalue weighted by Gasteiger charge is -2.27. The van der Waals surface area contributed by atoms with Gasteiger partial charge in [-0.1, -0.05) is 38.5 Å². The molecule has 0 saturated heterocycles. The number of carbonyl (C=O) groups excluding carboxylic acids is 1. The molecule has 4 heteroatoms. The van der Waals surface area contributed by atoms with Crippen LogP contribution < -0.4 is 11.1 Å². The number of halogens is 1. The minimum absolute atomic E-state index is 0. The first-order valence-electron chi connectivity index (χ1n) is 8.29. The zero-order chi connectivity index (χ0) is 13.5. The first-order chi connectivity index (χ1) is 9.25. The molecule has 0 bridgehead atoms. The predicted octanol–water partition coefficient (Wildman–Crippen LogP) is 3.40. The summed E-state index contributed by atoms with van der Waals surface area (Å²) < 4.78 is 0. The molecular weight excluding hydrogens is 272 g/mol. The normalized spacial score (nSPS) is 28.9. The smallest absolute Gasteiger partial charge is 0.223 e. The summed E-state index contributed by atoms with van der Waals surface area (Å²) in [7, 11) is 0. The molecule has 118 valence electrons. The van der Waals surface area contributed by atoms with Crippen LogP contribution in [0.2, 0.25) is 0 Å². The van der Waals surface area contributed by atoms with Crippen molar-refractivity contribution in [1.29, 1.82) is 0 Å². The summed E-state index contributed by atoms with van der Waals surface area (Å²) in [5, 5.41) is 3.20. The third kappa shape index (κ3) is 6.01. The van der Waals surface area contributed by atoms with Gasteiger partial charge in [0.15, 0.2) is 0 Å². The summed E-state index contributed by atoms with van der Waals surface area (Å²) in [5.74, 6) is 1.19. The highest BCUT2D eigenvalue weighted by molar-refractivity contribution is 5.85. The standard InChI is InChI=1S/C16H30N2O.ClH/c17-15-10-6-7-13(11-15)12-18-16(19)14-8-4-2-1-3-5-9-14;/h13-15H,1-12,17H2,(H,18,19);1H. The van der Waals surface area contributed by atoms with Crippen LogP contribution in [0.25, 0.3) is 0 Å². The number of amides is 1. The summed E-state index contributed by atoms with van der Waals surface area (Å²) in [6.45, 7) is 0.850. The summed E-state index contributed by atoms with van der Waals surface area (Å²) in [4.78, 5) is 12.2. The van der Waals surface area contributed by atoms with Gasteiger partial charge in [-0.05, 0) is 38.0 Å². The summed E-state index contributed by atoms with van der Waals surface area (Å²) in [6.07, 6.45) is 13.3. The van der Waals surface area contributed by atoms with Gasteiger partial charge in [0, 0.05) is 18.5 Å². The Labute approximate surface area is 129 Å². The van der Waals surface area contributed by atoms with Gasteiger partial charge < -0.3 is 11.1 Å². The van der Waals surface area contributed by atoms with Crippen molar-refractivity contribution in [2.45, 2.75) is 76.7 Å². The van der Waals surface area contributed by atoms with Crippen LogP contribution in [0, 0.1) is 11.8 Å². The number of carbonyl (C=O) groups is 1. The third-order valence-electron chi connectivity index (χ3n) is 4.86. The molecule has 2 unspecified atom stereocenters. The summed E-state index contributed by atoms with van der Waals surface area (Å²) >= 11 is 0. The van der Waals surface area contributed by atoms with Gasteiger partial charge in [-0.25, -0.2) is 0 Å². The molecule has 2 aliphatic rings. The van der Waals surface area contributed by atoms with Gasteiger partial charge >= 0.3 is 0 Å². The molecule has 0 spiro atoms. The summed E-state index contributed by atoms with van der Waals surface area (Å²) in [6, 6.07) is 0.358. The minimum atomic E-state index is 0. The van der Waals surface area contributed by atoms with E-state index in [1.807, 2.05) is 0 Å². The molecule has 2 aliphatic carbocycles. The number of nitrogens with one attached hydrogen (secondary N) is 1. The average molecular weight is 303 g/mol. The van der Waals surface area contributed by atoms with Crippen molar-refractivity contribution in [1.82, 2.24) is 5.32 Å². The second-order valence-corrected chi connectivity index (χ2v) is 6.58. The molecule has 20 heavy (non-hydrogen) atoms. The van der Waals surface area contributed by atoms with Gasteiger partial charge in [0.05, 0.1) is 0 Å². The highest BCUT2D eigenvalue weighted by Gasteiger charge is 2.22. The highest BCUT2D eigenvalue weighted by Crippen LogP contribution is 2.24. The molecule has 0 aromatic rings. The van der Waals surface area contributed by atoms with E-state index < -0.39 is 0 Å². The van der Waals surface area contributed by atoms with Crippen molar-refractivity contribution in [3.63, 3.8) is 0 Å². The lowest BCUT2D eigenvalue weighted by Crippen LogP contribution is -2.38. The molecule has 0 radical (unpaired) electrons.